The molecule has 6 heteroatoms. The first-order valence-electron chi connectivity index (χ1n) is 9.15. The number of benzene rings is 1. The zero-order valence-corrected chi connectivity index (χ0v) is 16.2. The molecule has 1 aliphatic heterocycles. The average molecular weight is 391 g/mol. The van der Waals surface area contributed by atoms with Gasteiger partial charge in [-0.3, -0.25) is 14.7 Å². The van der Waals surface area contributed by atoms with E-state index in [4.69, 9.17) is 17.3 Å². The van der Waals surface area contributed by atoms with Crippen molar-refractivity contribution in [2.75, 3.05) is 4.90 Å². The van der Waals surface area contributed by atoms with E-state index in [-0.39, 0.29) is 5.78 Å². The van der Waals surface area contributed by atoms with Crippen molar-refractivity contribution in [3.05, 3.63) is 81.5 Å². The number of carbonyl (C=O) groups is 1. The third-order valence-electron chi connectivity index (χ3n) is 5.41. The Balaban J connectivity index is 2.01. The Morgan fingerprint density at radius 1 is 1.29 bits per heavy atom. The summed E-state index contributed by atoms with van der Waals surface area (Å²) in [5.74, 6) is -0.0903. The molecular weight excluding hydrogens is 372 g/mol. The number of nitrogens with two attached hydrogens (primary N) is 1. The van der Waals surface area contributed by atoms with Crippen LogP contribution in [0, 0.1) is 18.3 Å². The molecule has 1 aromatic heterocycles. The van der Waals surface area contributed by atoms with Gasteiger partial charge in [0, 0.05) is 35.1 Å². The number of halogens is 1. The second kappa shape index (κ2) is 7.14. The van der Waals surface area contributed by atoms with Crippen molar-refractivity contribution in [3.8, 4) is 6.07 Å². The monoisotopic (exact) mass is 390 g/mol. The van der Waals surface area contributed by atoms with E-state index in [9.17, 15) is 10.1 Å². The van der Waals surface area contributed by atoms with Crippen molar-refractivity contribution in [2.45, 2.75) is 32.1 Å². The summed E-state index contributed by atoms with van der Waals surface area (Å²) >= 11 is 6.34. The Kier molecular flexibility index (Phi) is 4.66. The average Bonchev–Trinajstić information content (AvgIpc) is 2.71. The molecule has 140 valence electrons. The van der Waals surface area contributed by atoms with Crippen molar-refractivity contribution >= 4 is 23.1 Å². The highest BCUT2D eigenvalue weighted by Crippen LogP contribution is 2.46. The van der Waals surface area contributed by atoms with Crippen LogP contribution in [0.5, 0.6) is 0 Å². The van der Waals surface area contributed by atoms with E-state index >= 15 is 0 Å². The Labute approximate surface area is 168 Å². The number of allylic oxidation sites excluding steroid dienone is 3. The highest BCUT2D eigenvalue weighted by Gasteiger charge is 2.40. The summed E-state index contributed by atoms with van der Waals surface area (Å²) < 4.78 is 0. The van der Waals surface area contributed by atoms with Crippen molar-refractivity contribution in [1.29, 1.82) is 5.26 Å². The van der Waals surface area contributed by atoms with E-state index in [0.717, 1.165) is 28.9 Å². The first kappa shape index (κ1) is 18.3. The van der Waals surface area contributed by atoms with E-state index in [2.05, 4.69) is 11.1 Å². The molecule has 2 heterocycles. The summed E-state index contributed by atoms with van der Waals surface area (Å²) in [6.45, 7) is 1.91. The lowest BCUT2D eigenvalue weighted by Crippen LogP contribution is -2.39. The first-order chi connectivity index (χ1) is 13.5. The van der Waals surface area contributed by atoms with Gasteiger partial charge in [0.15, 0.2) is 5.78 Å². The fraction of sp³-hybridized carbons (Fsp3) is 0.227. The van der Waals surface area contributed by atoms with Gasteiger partial charge in [-0.1, -0.05) is 23.7 Å². The van der Waals surface area contributed by atoms with Crippen LogP contribution in [-0.4, -0.2) is 10.8 Å². The molecule has 2 aromatic rings. The lowest BCUT2D eigenvalue weighted by atomic mass is 9.76. The number of Topliss-reactive ketones (excluding diaryl/α,β-unsaturated/α-hetero) is 1. The largest absolute Gasteiger partial charge is 0.384 e. The molecule has 4 rings (SSSR count). The van der Waals surface area contributed by atoms with Crippen molar-refractivity contribution in [2.24, 2.45) is 5.73 Å². The second-order valence-corrected chi connectivity index (χ2v) is 7.39. The predicted molar refractivity (Wildman–Crippen MR) is 108 cm³/mol. The number of anilines is 1. The van der Waals surface area contributed by atoms with Crippen molar-refractivity contribution in [1.82, 2.24) is 4.98 Å². The number of pyridine rings is 1. The molecule has 1 aromatic carbocycles. The maximum atomic E-state index is 13.0. The fourth-order valence-electron chi connectivity index (χ4n) is 4.08. The van der Waals surface area contributed by atoms with Gasteiger partial charge in [-0.15, -0.1) is 0 Å². The Bertz CT molecular complexity index is 1070. The molecule has 2 aliphatic rings. The summed E-state index contributed by atoms with van der Waals surface area (Å²) in [6.07, 6.45) is 5.30. The van der Waals surface area contributed by atoms with Gasteiger partial charge in [-0.2, -0.15) is 5.26 Å². The Morgan fingerprint density at radius 2 is 2.11 bits per heavy atom. The van der Waals surface area contributed by atoms with Crippen LogP contribution in [0.1, 0.15) is 36.3 Å². The van der Waals surface area contributed by atoms with E-state index in [1.165, 1.54) is 0 Å². The zero-order chi connectivity index (χ0) is 19.8. The molecule has 0 unspecified atom stereocenters. The van der Waals surface area contributed by atoms with Crippen LogP contribution in [0.15, 0.2) is 65.4 Å². The topological polar surface area (TPSA) is 83.0 Å². The molecule has 28 heavy (non-hydrogen) atoms. The molecule has 0 amide bonds. The van der Waals surface area contributed by atoms with Gasteiger partial charge in [0.25, 0.3) is 0 Å². The minimum absolute atomic E-state index is 0.0556. The quantitative estimate of drug-likeness (QED) is 0.824. The molecule has 1 atom stereocenters. The highest BCUT2D eigenvalue weighted by atomic mass is 35.5. The third-order valence-corrected chi connectivity index (χ3v) is 5.82. The Morgan fingerprint density at radius 3 is 2.82 bits per heavy atom. The molecule has 0 saturated carbocycles. The van der Waals surface area contributed by atoms with Gasteiger partial charge in [-0.25, -0.2) is 0 Å². The molecule has 0 fully saturated rings. The van der Waals surface area contributed by atoms with Crippen LogP contribution in [-0.2, 0) is 4.79 Å². The highest BCUT2D eigenvalue weighted by molar-refractivity contribution is 6.31. The number of nitriles is 1. The van der Waals surface area contributed by atoms with Gasteiger partial charge >= 0.3 is 0 Å². The van der Waals surface area contributed by atoms with Crippen LogP contribution in [0.2, 0.25) is 5.02 Å². The normalized spacial score (nSPS) is 19.5. The molecule has 5 nitrogen and oxygen atoms in total. The predicted octanol–water partition coefficient (Wildman–Crippen LogP) is 4.35. The number of rotatable bonds is 2. The number of nitrogens with zero attached hydrogens (tertiary/aromatic N) is 3. The van der Waals surface area contributed by atoms with Crippen LogP contribution in [0.3, 0.4) is 0 Å². The summed E-state index contributed by atoms with van der Waals surface area (Å²) in [5, 5.41) is 10.6. The maximum absolute atomic E-state index is 13.0. The minimum atomic E-state index is -0.489. The lowest BCUT2D eigenvalue weighted by Gasteiger charge is -2.40. The zero-order valence-electron chi connectivity index (χ0n) is 15.4. The molecule has 2 N–H and O–H groups in total. The van der Waals surface area contributed by atoms with E-state index in [1.807, 2.05) is 42.2 Å². The molecule has 0 radical (unpaired) electrons. The minimum Gasteiger partial charge on any atom is -0.384 e. The SMILES string of the molecule is Cc1c(Cl)cccc1N1C(N)=C(C#N)[C@@H](c2cccnc2)C2=C1CCCC2=O. The van der Waals surface area contributed by atoms with E-state index in [1.54, 1.807) is 12.4 Å². The van der Waals surface area contributed by atoms with Crippen molar-refractivity contribution < 1.29 is 4.79 Å². The Hall–Kier alpha value is -3.10. The molecule has 0 spiro atoms. The molecular formula is C22H19ClN4O. The standard InChI is InChI=1S/C22H19ClN4O/c1-13-16(23)6-2-7-17(13)27-18-8-3-9-19(28)21(18)20(15(11-24)22(27)25)14-5-4-10-26-12-14/h2,4-7,10,12,20H,3,8-9,25H2,1H3/t20-/m1/s1. The van der Waals surface area contributed by atoms with Crippen molar-refractivity contribution in [3.63, 3.8) is 0 Å². The first-order valence-corrected chi connectivity index (χ1v) is 9.53. The van der Waals surface area contributed by atoms with Gasteiger partial charge in [0.05, 0.1) is 23.2 Å². The smallest absolute Gasteiger partial charge is 0.161 e. The number of hydrogen-bond donors (Lipinski definition) is 1. The summed E-state index contributed by atoms with van der Waals surface area (Å²) in [5.41, 5.74) is 10.8. The maximum Gasteiger partial charge on any atom is 0.161 e. The summed E-state index contributed by atoms with van der Waals surface area (Å²) in [7, 11) is 0. The number of carbonyl (C=O) groups excluding carboxylic acids is 1. The summed E-state index contributed by atoms with van der Waals surface area (Å²) in [4.78, 5) is 19.0. The summed E-state index contributed by atoms with van der Waals surface area (Å²) in [6, 6.07) is 11.5. The number of hydrogen-bond acceptors (Lipinski definition) is 5. The van der Waals surface area contributed by atoms with Gasteiger partial charge in [-0.05, 0) is 49.1 Å². The molecule has 0 saturated heterocycles. The van der Waals surface area contributed by atoms with Crippen LogP contribution < -0.4 is 10.6 Å². The fourth-order valence-corrected chi connectivity index (χ4v) is 4.25. The van der Waals surface area contributed by atoms with Gasteiger partial charge in [0.2, 0.25) is 0 Å². The lowest BCUT2D eigenvalue weighted by molar-refractivity contribution is -0.116. The molecule has 1 aliphatic carbocycles. The van der Waals surface area contributed by atoms with Crippen LogP contribution >= 0.6 is 11.6 Å². The molecule has 0 bridgehead atoms. The number of aromatic nitrogens is 1. The van der Waals surface area contributed by atoms with Crippen LogP contribution in [0.25, 0.3) is 0 Å². The van der Waals surface area contributed by atoms with Gasteiger partial charge < -0.3 is 5.73 Å². The van der Waals surface area contributed by atoms with E-state index in [0.29, 0.717) is 34.8 Å². The third kappa shape index (κ3) is 2.78. The van der Waals surface area contributed by atoms with Gasteiger partial charge in [0.1, 0.15) is 5.82 Å². The van der Waals surface area contributed by atoms with Crippen LogP contribution in [0.4, 0.5) is 5.69 Å². The van der Waals surface area contributed by atoms with E-state index < -0.39 is 5.92 Å². The number of ketones is 1. The second-order valence-electron chi connectivity index (χ2n) is 6.99.